The van der Waals surface area contributed by atoms with Gasteiger partial charge in [-0.15, -0.1) is 11.3 Å². The van der Waals surface area contributed by atoms with Crippen molar-refractivity contribution in [2.45, 2.75) is 0 Å². The monoisotopic (exact) mass is 651 g/mol. The predicted molar refractivity (Wildman–Crippen MR) is 202 cm³/mol. The third-order valence-corrected chi connectivity index (χ3v) is 11.1. The topological polar surface area (TPSA) is 43.9 Å². The fourth-order valence-electron chi connectivity index (χ4n) is 7.77. The van der Waals surface area contributed by atoms with Crippen molar-refractivity contribution in [1.29, 1.82) is 0 Å². The second-order valence-electron chi connectivity index (χ2n) is 12.3. The van der Waals surface area contributed by atoms with Crippen LogP contribution in [0.3, 0.4) is 0 Å². The SMILES string of the molecule is Clc1nc(-c2ccc(-n3c4ccc5ccccc5c4c4c5ccccc5c5sc6ccccc6c5c43)cc2)c2c(n1)oc1ccccc12. The molecule has 48 heavy (non-hydrogen) atoms. The standard InChI is InChI=1S/C42H22ClN3OS/c43-42-44-38(36-29-13-5-7-15-32(29)47-41(36)45-42)24-17-20-25(21-18-24)46-31-22-19-23-9-1-2-10-26(23)34(31)35-27-11-3-4-12-28(27)40-37(39(35)46)30-14-6-8-16-33(30)48-40/h1-22H. The molecule has 0 bridgehead atoms. The first-order valence-corrected chi connectivity index (χ1v) is 17.1. The molecule has 6 heteroatoms. The molecule has 0 aliphatic rings. The van der Waals surface area contributed by atoms with E-state index < -0.39 is 0 Å². The van der Waals surface area contributed by atoms with Crippen LogP contribution in [0.2, 0.25) is 5.28 Å². The van der Waals surface area contributed by atoms with Gasteiger partial charge in [0, 0.05) is 53.0 Å². The summed E-state index contributed by atoms with van der Waals surface area (Å²) in [6.07, 6.45) is 0. The van der Waals surface area contributed by atoms with E-state index >= 15 is 0 Å². The normalized spacial score (nSPS) is 12.3. The molecule has 0 unspecified atom stereocenters. The van der Waals surface area contributed by atoms with E-state index in [1.807, 2.05) is 35.6 Å². The van der Waals surface area contributed by atoms with Crippen molar-refractivity contribution in [2.75, 3.05) is 0 Å². The molecule has 0 aliphatic heterocycles. The van der Waals surface area contributed by atoms with Crippen LogP contribution in [0, 0.1) is 0 Å². The molecule has 0 saturated heterocycles. The molecule has 0 radical (unpaired) electrons. The van der Waals surface area contributed by atoms with Crippen LogP contribution in [0.4, 0.5) is 0 Å². The van der Waals surface area contributed by atoms with Crippen LogP contribution < -0.4 is 0 Å². The number of furan rings is 1. The maximum absolute atomic E-state index is 6.45. The average molecular weight is 652 g/mol. The molecular formula is C42H22ClN3OS. The van der Waals surface area contributed by atoms with Crippen molar-refractivity contribution in [1.82, 2.24) is 14.5 Å². The van der Waals surface area contributed by atoms with Gasteiger partial charge in [-0.2, -0.15) is 4.98 Å². The lowest BCUT2D eigenvalue weighted by molar-refractivity contribution is 0.653. The second kappa shape index (κ2) is 9.64. The molecule has 0 saturated carbocycles. The molecular weight excluding hydrogens is 630 g/mol. The van der Waals surface area contributed by atoms with Crippen LogP contribution in [-0.4, -0.2) is 14.5 Å². The number of rotatable bonds is 2. The number of hydrogen-bond donors (Lipinski definition) is 0. The van der Waals surface area contributed by atoms with Gasteiger partial charge < -0.3 is 8.98 Å². The number of benzene rings is 7. The predicted octanol–water partition coefficient (Wildman–Crippen LogP) is 12.5. The van der Waals surface area contributed by atoms with Crippen LogP contribution >= 0.6 is 22.9 Å². The van der Waals surface area contributed by atoms with Gasteiger partial charge in [0.15, 0.2) is 0 Å². The molecule has 0 atom stereocenters. The first-order chi connectivity index (χ1) is 23.7. The number of para-hydroxylation sites is 1. The van der Waals surface area contributed by atoms with Crippen LogP contribution in [0.15, 0.2) is 138 Å². The zero-order valence-corrected chi connectivity index (χ0v) is 26.8. The summed E-state index contributed by atoms with van der Waals surface area (Å²) in [5, 5.41) is 12.2. The number of thiophene rings is 1. The summed E-state index contributed by atoms with van der Waals surface area (Å²) >= 11 is 8.33. The van der Waals surface area contributed by atoms with E-state index in [-0.39, 0.29) is 5.28 Å². The van der Waals surface area contributed by atoms with E-state index in [2.05, 4.69) is 119 Å². The van der Waals surface area contributed by atoms with E-state index in [0.29, 0.717) is 5.71 Å². The summed E-state index contributed by atoms with van der Waals surface area (Å²) in [7, 11) is 0. The molecule has 4 heterocycles. The van der Waals surface area contributed by atoms with Gasteiger partial charge in [0.05, 0.1) is 22.1 Å². The van der Waals surface area contributed by atoms with Crippen LogP contribution in [0.25, 0.3) is 103 Å². The number of nitrogens with zero attached hydrogens (tertiary/aromatic N) is 3. The minimum Gasteiger partial charge on any atom is -0.438 e. The van der Waals surface area contributed by atoms with E-state index in [1.165, 1.54) is 63.5 Å². The van der Waals surface area contributed by atoms with Crippen molar-refractivity contribution >= 4 is 109 Å². The lowest BCUT2D eigenvalue weighted by Crippen LogP contribution is -1.95. The zero-order valence-electron chi connectivity index (χ0n) is 25.2. The third-order valence-electron chi connectivity index (χ3n) is 9.74. The van der Waals surface area contributed by atoms with Crippen LogP contribution in [-0.2, 0) is 0 Å². The zero-order chi connectivity index (χ0) is 31.5. The Kier molecular flexibility index (Phi) is 5.29. The Bertz CT molecular complexity index is 3130. The molecule has 0 aliphatic carbocycles. The van der Waals surface area contributed by atoms with Gasteiger partial charge in [-0.3, -0.25) is 0 Å². The molecule has 0 N–H and O–H groups in total. The van der Waals surface area contributed by atoms with E-state index in [0.717, 1.165) is 33.3 Å². The second-order valence-corrected chi connectivity index (χ2v) is 13.6. The Labute approximate surface area is 282 Å². The fourth-order valence-corrected chi connectivity index (χ4v) is 9.18. The molecule has 0 fully saturated rings. The molecule has 11 aromatic rings. The fraction of sp³-hybridized carbons (Fsp3) is 0. The van der Waals surface area contributed by atoms with Crippen molar-refractivity contribution in [3.05, 3.63) is 139 Å². The number of aromatic nitrogens is 3. The van der Waals surface area contributed by atoms with E-state index in [4.69, 9.17) is 21.0 Å². The summed E-state index contributed by atoms with van der Waals surface area (Å²) in [5.41, 5.74) is 6.44. The highest BCUT2D eigenvalue weighted by molar-refractivity contribution is 7.27. The van der Waals surface area contributed by atoms with Crippen molar-refractivity contribution in [3.8, 4) is 16.9 Å². The first-order valence-electron chi connectivity index (χ1n) is 15.9. The van der Waals surface area contributed by atoms with Gasteiger partial charge >= 0.3 is 0 Å². The van der Waals surface area contributed by atoms with Gasteiger partial charge in [0.2, 0.25) is 11.0 Å². The Balaban J connectivity index is 1.28. The Morgan fingerprint density at radius 3 is 2.12 bits per heavy atom. The Morgan fingerprint density at radius 2 is 1.27 bits per heavy atom. The van der Waals surface area contributed by atoms with Crippen molar-refractivity contribution in [2.24, 2.45) is 0 Å². The van der Waals surface area contributed by atoms with Crippen molar-refractivity contribution < 1.29 is 4.42 Å². The molecule has 0 spiro atoms. The Morgan fingerprint density at radius 1 is 0.562 bits per heavy atom. The quantitative estimate of drug-likeness (QED) is 0.175. The number of fused-ring (bicyclic) bond motifs is 15. The van der Waals surface area contributed by atoms with Crippen LogP contribution in [0.5, 0.6) is 0 Å². The van der Waals surface area contributed by atoms with Crippen LogP contribution in [0.1, 0.15) is 0 Å². The third kappa shape index (κ3) is 3.49. The minimum atomic E-state index is 0.161. The highest BCUT2D eigenvalue weighted by Crippen LogP contribution is 2.49. The molecule has 4 aromatic heterocycles. The maximum Gasteiger partial charge on any atom is 0.232 e. The summed E-state index contributed by atoms with van der Waals surface area (Å²) in [4.78, 5) is 9.12. The lowest BCUT2D eigenvalue weighted by Gasteiger charge is -2.12. The van der Waals surface area contributed by atoms with E-state index in [9.17, 15) is 0 Å². The Hall–Kier alpha value is -5.75. The van der Waals surface area contributed by atoms with Gasteiger partial charge in [-0.05, 0) is 58.1 Å². The summed E-state index contributed by atoms with van der Waals surface area (Å²) < 4.78 is 11.1. The van der Waals surface area contributed by atoms with Gasteiger partial charge in [0.25, 0.3) is 0 Å². The maximum atomic E-state index is 6.45. The highest BCUT2D eigenvalue weighted by atomic mass is 35.5. The smallest absolute Gasteiger partial charge is 0.232 e. The first kappa shape index (κ1) is 26.3. The van der Waals surface area contributed by atoms with Gasteiger partial charge in [-0.1, -0.05) is 103 Å². The van der Waals surface area contributed by atoms with Gasteiger partial charge in [0.1, 0.15) is 5.58 Å². The average Bonchev–Trinajstić information content (AvgIpc) is 3.81. The molecule has 7 aromatic carbocycles. The van der Waals surface area contributed by atoms with Crippen molar-refractivity contribution in [3.63, 3.8) is 0 Å². The number of hydrogen-bond acceptors (Lipinski definition) is 4. The van der Waals surface area contributed by atoms with Gasteiger partial charge in [-0.25, -0.2) is 4.98 Å². The molecule has 0 amide bonds. The van der Waals surface area contributed by atoms with E-state index in [1.54, 1.807) is 0 Å². The molecule has 11 rings (SSSR count). The summed E-state index contributed by atoms with van der Waals surface area (Å²) in [6.45, 7) is 0. The number of halogens is 1. The summed E-state index contributed by atoms with van der Waals surface area (Å²) in [5.74, 6) is 0. The highest BCUT2D eigenvalue weighted by Gasteiger charge is 2.23. The lowest BCUT2D eigenvalue weighted by atomic mass is 9.97. The molecule has 224 valence electrons. The minimum absolute atomic E-state index is 0.161. The largest absolute Gasteiger partial charge is 0.438 e. The summed E-state index contributed by atoms with van der Waals surface area (Å²) in [6, 6.07) is 47.6. The molecule has 4 nitrogen and oxygen atoms in total.